The van der Waals surface area contributed by atoms with Gasteiger partial charge in [0.2, 0.25) is 0 Å². The lowest BCUT2D eigenvalue weighted by Gasteiger charge is -2.00. The zero-order valence-corrected chi connectivity index (χ0v) is 11.6. The highest BCUT2D eigenvalue weighted by Crippen LogP contribution is 2.06. The average molecular weight is 299 g/mol. The number of carbonyl (C=O) groups is 1. The maximum atomic E-state index is 11.1. The van der Waals surface area contributed by atoms with E-state index in [-0.39, 0.29) is 5.97 Å². The van der Waals surface area contributed by atoms with Crippen molar-refractivity contribution >= 4 is 35.6 Å². The zero-order chi connectivity index (χ0) is 13.5. The summed E-state index contributed by atoms with van der Waals surface area (Å²) in [4.78, 5) is 11.1. The van der Waals surface area contributed by atoms with Crippen LogP contribution in [0, 0.1) is 0 Å². The molecule has 0 N–H and O–H groups in total. The standard InChI is InChI=1S/C10H12O2.Cl2O2S/c1-3-8-5-4-6-9(7-8)10(11)12-2;1-5(2,3)4/h4-7H,3H2,1-2H3;. The van der Waals surface area contributed by atoms with Crippen LogP contribution < -0.4 is 0 Å². The summed E-state index contributed by atoms with van der Waals surface area (Å²) in [5.41, 5.74) is 1.77. The second-order valence-electron chi connectivity index (χ2n) is 2.92. The molecule has 0 saturated carbocycles. The van der Waals surface area contributed by atoms with Crippen molar-refractivity contribution in [2.75, 3.05) is 7.11 Å². The number of carbonyl (C=O) groups excluding carboxylic acids is 1. The molecule has 1 aromatic rings. The van der Waals surface area contributed by atoms with Gasteiger partial charge in [0, 0.05) is 21.4 Å². The van der Waals surface area contributed by atoms with Crippen molar-refractivity contribution in [2.24, 2.45) is 0 Å². The van der Waals surface area contributed by atoms with Crippen LogP contribution in [0.1, 0.15) is 22.8 Å². The third-order valence-corrected chi connectivity index (χ3v) is 1.76. The van der Waals surface area contributed by atoms with E-state index >= 15 is 0 Å². The summed E-state index contributed by atoms with van der Waals surface area (Å²) in [5, 5.41) is 0. The van der Waals surface area contributed by atoms with Gasteiger partial charge < -0.3 is 4.74 Å². The molecule has 1 rings (SSSR count). The number of aryl methyl sites for hydroxylation is 1. The van der Waals surface area contributed by atoms with E-state index in [1.807, 2.05) is 18.2 Å². The molecule has 7 heteroatoms. The molecule has 0 heterocycles. The lowest BCUT2D eigenvalue weighted by Crippen LogP contribution is -2.01. The number of hydrogen-bond acceptors (Lipinski definition) is 4. The van der Waals surface area contributed by atoms with Crippen molar-refractivity contribution in [1.82, 2.24) is 0 Å². The summed E-state index contributed by atoms with van der Waals surface area (Å²) in [6, 6.07) is 7.47. The average Bonchev–Trinajstić information content (AvgIpc) is 2.26. The fraction of sp³-hybridized carbons (Fsp3) is 0.300. The molecular formula is C10H12Cl2O4S. The van der Waals surface area contributed by atoms with E-state index in [4.69, 9.17) is 8.42 Å². The first-order chi connectivity index (χ1) is 7.77. The van der Waals surface area contributed by atoms with Crippen LogP contribution in [0.5, 0.6) is 0 Å². The van der Waals surface area contributed by atoms with Gasteiger partial charge in [-0.2, -0.15) is 8.42 Å². The first-order valence-electron chi connectivity index (χ1n) is 4.59. The fourth-order valence-electron chi connectivity index (χ4n) is 1.04. The number of rotatable bonds is 2. The minimum Gasteiger partial charge on any atom is -0.465 e. The molecule has 96 valence electrons. The van der Waals surface area contributed by atoms with Gasteiger partial charge in [0.15, 0.2) is 0 Å². The molecule has 0 aromatic heterocycles. The minimum atomic E-state index is -3.72. The Morgan fingerprint density at radius 1 is 1.35 bits per heavy atom. The van der Waals surface area contributed by atoms with E-state index in [0.717, 1.165) is 12.0 Å². The van der Waals surface area contributed by atoms with Gasteiger partial charge in [0.1, 0.15) is 0 Å². The second-order valence-corrected chi connectivity index (χ2v) is 6.59. The predicted molar refractivity (Wildman–Crippen MR) is 67.8 cm³/mol. The van der Waals surface area contributed by atoms with E-state index in [1.54, 1.807) is 6.07 Å². The zero-order valence-electron chi connectivity index (χ0n) is 9.31. The fourth-order valence-corrected chi connectivity index (χ4v) is 1.04. The third kappa shape index (κ3) is 8.97. The summed E-state index contributed by atoms with van der Waals surface area (Å²) in [7, 11) is 6.20. The van der Waals surface area contributed by atoms with Gasteiger partial charge in [-0.25, -0.2) is 4.79 Å². The van der Waals surface area contributed by atoms with Crippen molar-refractivity contribution in [1.29, 1.82) is 0 Å². The molecule has 0 atom stereocenters. The highest BCUT2D eigenvalue weighted by atomic mass is 36.0. The second kappa shape index (κ2) is 7.53. The third-order valence-electron chi connectivity index (χ3n) is 1.76. The Labute approximate surface area is 109 Å². The van der Waals surface area contributed by atoms with Crippen LogP contribution >= 0.6 is 21.4 Å². The van der Waals surface area contributed by atoms with E-state index in [0.29, 0.717) is 5.56 Å². The van der Waals surface area contributed by atoms with E-state index in [9.17, 15) is 4.79 Å². The summed E-state index contributed by atoms with van der Waals surface area (Å²) in [5.74, 6) is -0.273. The van der Waals surface area contributed by atoms with Gasteiger partial charge in [-0.15, -0.1) is 0 Å². The van der Waals surface area contributed by atoms with Crippen molar-refractivity contribution in [3.8, 4) is 0 Å². The summed E-state index contributed by atoms with van der Waals surface area (Å²) in [6.07, 6.45) is 0.935. The molecule has 0 aliphatic rings. The normalized spacial score (nSPS) is 10.1. The number of hydrogen-bond donors (Lipinski definition) is 0. The van der Waals surface area contributed by atoms with Gasteiger partial charge in [0.25, 0.3) is 0 Å². The van der Waals surface area contributed by atoms with Gasteiger partial charge in [-0.3, -0.25) is 0 Å². The highest BCUT2D eigenvalue weighted by molar-refractivity contribution is 8.31. The highest BCUT2D eigenvalue weighted by Gasteiger charge is 2.03. The minimum absolute atomic E-state index is 0.273. The number of methoxy groups -OCH3 is 1. The molecule has 0 unspecified atom stereocenters. The van der Waals surface area contributed by atoms with Crippen LogP contribution in [0.2, 0.25) is 0 Å². The van der Waals surface area contributed by atoms with Crippen LogP contribution in [0.4, 0.5) is 0 Å². The van der Waals surface area contributed by atoms with E-state index in [2.05, 4.69) is 33.0 Å². The Balaban J connectivity index is 0.000000437. The van der Waals surface area contributed by atoms with Gasteiger partial charge in [-0.05, 0) is 24.1 Å². The molecule has 0 fully saturated rings. The predicted octanol–water partition coefficient (Wildman–Crippen LogP) is 2.74. The van der Waals surface area contributed by atoms with Crippen LogP contribution in [-0.4, -0.2) is 21.5 Å². The molecule has 0 bridgehead atoms. The van der Waals surface area contributed by atoms with Crippen molar-refractivity contribution in [3.63, 3.8) is 0 Å². The largest absolute Gasteiger partial charge is 0.465 e. The maximum absolute atomic E-state index is 11.1. The summed E-state index contributed by atoms with van der Waals surface area (Å²) in [6.45, 7) is 2.05. The molecule has 0 radical (unpaired) electrons. The van der Waals surface area contributed by atoms with E-state index in [1.165, 1.54) is 7.11 Å². The van der Waals surface area contributed by atoms with Crippen LogP contribution in [0.3, 0.4) is 0 Å². The van der Waals surface area contributed by atoms with Crippen LogP contribution in [0.25, 0.3) is 0 Å². The number of ether oxygens (including phenoxy) is 1. The summed E-state index contributed by atoms with van der Waals surface area (Å²) < 4.78 is 22.9. The molecule has 0 spiro atoms. The molecule has 0 aliphatic carbocycles. The number of halogens is 2. The molecule has 17 heavy (non-hydrogen) atoms. The van der Waals surface area contributed by atoms with Gasteiger partial charge in [0.05, 0.1) is 12.7 Å². The molecule has 0 saturated heterocycles. The van der Waals surface area contributed by atoms with Crippen molar-refractivity contribution < 1.29 is 17.9 Å². The SMILES string of the molecule is CCc1cccc(C(=O)OC)c1.O=S(=O)(Cl)Cl. The van der Waals surface area contributed by atoms with E-state index < -0.39 is 8.26 Å². The monoisotopic (exact) mass is 298 g/mol. The summed E-state index contributed by atoms with van der Waals surface area (Å²) >= 11 is 0. The Morgan fingerprint density at radius 3 is 2.29 bits per heavy atom. The van der Waals surface area contributed by atoms with Gasteiger partial charge >= 0.3 is 14.2 Å². The lowest BCUT2D eigenvalue weighted by molar-refractivity contribution is 0.0600. The van der Waals surface area contributed by atoms with Gasteiger partial charge in [-0.1, -0.05) is 19.1 Å². The Morgan fingerprint density at radius 2 is 1.88 bits per heavy atom. The number of benzene rings is 1. The molecule has 0 amide bonds. The lowest BCUT2D eigenvalue weighted by atomic mass is 10.1. The van der Waals surface area contributed by atoms with Crippen LogP contribution in [-0.2, 0) is 19.4 Å². The quantitative estimate of drug-likeness (QED) is 0.622. The Hall–Kier alpha value is -0.780. The number of esters is 1. The molecule has 1 aromatic carbocycles. The Bertz CT molecular complexity index is 463. The first kappa shape index (κ1) is 16.2. The molecular weight excluding hydrogens is 287 g/mol. The van der Waals surface area contributed by atoms with Crippen LogP contribution in [0.15, 0.2) is 24.3 Å². The first-order valence-corrected chi connectivity index (χ1v) is 7.73. The molecule has 4 nitrogen and oxygen atoms in total. The smallest absolute Gasteiger partial charge is 0.337 e. The Kier molecular flexibility index (Phi) is 7.18. The topological polar surface area (TPSA) is 60.4 Å². The molecule has 0 aliphatic heterocycles. The maximum Gasteiger partial charge on any atom is 0.337 e. The van der Waals surface area contributed by atoms with Crippen molar-refractivity contribution in [3.05, 3.63) is 35.4 Å². The van der Waals surface area contributed by atoms with Crippen molar-refractivity contribution in [2.45, 2.75) is 13.3 Å².